The summed E-state index contributed by atoms with van der Waals surface area (Å²) in [6.45, 7) is 0. The Balaban J connectivity index is 1.68. The Hall–Kier alpha value is -3.95. The summed E-state index contributed by atoms with van der Waals surface area (Å²) in [7, 11) is 1.33. The Labute approximate surface area is 192 Å². The number of nitrogens with zero attached hydrogens (tertiary/aromatic N) is 1. The van der Waals surface area contributed by atoms with E-state index in [1.165, 1.54) is 19.2 Å². The van der Waals surface area contributed by atoms with Crippen LogP contribution in [0.15, 0.2) is 48.7 Å². The smallest absolute Gasteiger partial charge is 0.355 e. The fourth-order valence-electron chi connectivity index (χ4n) is 3.78. The summed E-state index contributed by atoms with van der Waals surface area (Å²) in [5.74, 6) is -1.06. The van der Waals surface area contributed by atoms with E-state index in [1.807, 2.05) is 12.1 Å². The van der Waals surface area contributed by atoms with E-state index in [-0.39, 0.29) is 28.5 Å². The number of ketones is 1. The van der Waals surface area contributed by atoms with Crippen LogP contribution in [0.25, 0.3) is 0 Å². The van der Waals surface area contributed by atoms with Gasteiger partial charge in [0.1, 0.15) is 17.4 Å². The summed E-state index contributed by atoms with van der Waals surface area (Å²) in [6.07, 6.45) is -2.62. The maximum absolute atomic E-state index is 13.7. The van der Waals surface area contributed by atoms with Gasteiger partial charge in [-0.15, -0.1) is 0 Å². The van der Waals surface area contributed by atoms with Gasteiger partial charge in [-0.25, -0.2) is 9.37 Å². The lowest BCUT2D eigenvalue weighted by Crippen LogP contribution is -2.20. The molecule has 1 heterocycles. The number of carbonyl (C=O) groups is 2. The number of rotatable bonds is 5. The minimum atomic E-state index is -4.72. The normalized spacial score (nSPS) is 13.3. The summed E-state index contributed by atoms with van der Waals surface area (Å²) in [5.41, 5.74) is 0.991. The van der Waals surface area contributed by atoms with Crippen LogP contribution in [0.5, 0.6) is 0 Å². The molecule has 10 heteroatoms. The van der Waals surface area contributed by atoms with Crippen LogP contribution in [0.2, 0.25) is 0 Å². The van der Waals surface area contributed by atoms with Crippen LogP contribution in [-0.4, -0.2) is 23.7 Å². The number of amides is 1. The van der Waals surface area contributed by atoms with Crippen molar-refractivity contribution in [3.63, 3.8) is 0 Å². The Morgan fingerprint density at radius 2 is 1.76 bits per heavy atom. The molecule has 0 aliphatic heterocycles. The minimum absolute atomic E-state index is 0.00171. The average Bonchev–Trinajstić information content (AvgIpc) is 2.79. The zero-order valence-corrected chi connectivity index (χ0v) is 18.0. The summed E-state index contributed by atoms with van der Waals surface area (Å²) in [6, 6.07) is 9.73. The van der Waals surface area contributed by atoms with Crippen LogP contribution >= 0.6 is 0 Å². The number of benzene rings is 2. The molecule has 0 bridgehead atoms. The van der Waals surface area contributed by atoms with E-state index in [4.69, 9.17) is 0 Å². The van der Waals surface area contributed by atoms with Gasteiger partial charge in [0, 0.05) is 37.8 Å². The van der Waals surface area contributed by atoms with E-state index in [2.05, 4.69) is 20.9 Å². The molecule has 0 unspecified atom stereocenters. The third-order valence-electron chi connectivity index (χ3n) is 5.47. The molecule has 0 fully saturated rings. The maximum atomic E-state index is 13.7. The molecule has 0 radical (unpaired) electrons. The van der Waals surface area contributed by atoms with Crippen molar-refractivity contribution >= 4 is 34.6 Å². The van der Waals surface area contributed by atoms with Gasteiger partial charge in [0.25, 0.3) is 5.91 Å². The van der Waals surface area contributed by atoms with Gasteiger partial charge in [-0.2, -0.15) is 13.2 Å². The van der Waals surface area contributed by atoms with Gasteiger partial charge in [-0.05, 0) is 47.9 Å². The number of halogens is 4. The maximum Gasteiger partial charge on any atom is 0.419 e. The monoisotopic (exact) mass is 472 g/mol. The number of Topliss-reactive ketones (excluding diaryl/α,β-unsaturated/α-hetero) is 1. The standard InChI is InChI=1S/C24H20F4N4O2/c1-29-23(34)18-10-15(25)4-7-20(18)32-21-11-22(30-12-19(21)24(26,27)28)31-16-5-2-14-9-17(33)6-3-13(14)8-16/h2,4-5,7-8,10-12H,3,6,9H2,1H3,(H,29,34)(H2,30,31,32). The van der Waals surface area contributed by atoms with Crippen molar-refractivity contribution in [3.05, 3.63) is 76.7 Å². The second-order valence-electron chi connectivity index (χ2n) is 7.83. The van der Waals surface area contributed by atoms with Crippen molar-refractivity contribution in [3.8, 4) is 0 Å². The van der Waals surface area contributed by atoms with Crippen molar-refractivity contribution in [1.82, 2.24) is 10.3 Å². The number of hydrogen-bond acceptors (Lipinski definition) is 5. The molecule has 2 aromatic carbocycles. The van der Waals surface area contributed by atoms with Crippen molar-refractivity contribution in [2.75, 3.05) is 17.7 Å². The van der Waals surface area contributed by atoms with Crippen LogP contribution < -0.4 is 16.0 Å². The summed E-state index contributed by atoms with van der Waals surface area (Å²) >= 11 is 0. The van der Waals surface area contributed by atoms with Crippen LogP contribution in [0.3, 0.4) is 0 Å². The summed E-state index contributed by atoms with van der Waals surface area (Å²) < 4.78 is 54.6. The Bertz CT molecular complexity index is 1270. The molecule has 3 N–H and O–H groups in total. The molecule has 1 aliphatic carbocycles. The molecule has 0 saturated carbocycles. The number of carbonyl (C=O) groups excluding carboxylic acids is 2. The predicted octanol–water partition coefficient (Wildman–Crippen LogP) is 5.14. The van der Waals surface area contributed by atoms with Crippen molar-refractivity contribution in [2.24, 2.45) is 0 Å². The fourth-order valence-corrected chi connectivity index (χ4v) is 3.78. The van der Waals surface area contributed by atoms with Crippen molar-refractivity contribution in [2.45, 2.75) is 25.4 Å². The third-order valence-corrected chi connectivity index (χ3v) is 5.47. The van der Waals surface area contributed by atoms with Crippen LogP contribution in [-0.2, 0) is 23.8 Å². The first kappa shape index (κ1) is 23.2. The van der Waals surface area contributed by atoms with Gasteiger partial charge in [0.2, 0.25) is 0 Å². The predicted molar refractivity (Wildman–Crippen MR) is 119 cm³/mol. The highest BCUT2D eigenvalue weighted by Gasteiger charge is 2.34. The largest absolute Gasteiger partial charge is 0.419 e. The molecule has 3 aromatic rings. The molecule has 0 atom stereocenters. The number of aromatic nitrogens is 1. The highest BCUT2D eigenvalue weighted by molar-refractivity contribution is 6.00. The SMILES string of the molecule is CNC(=O)c1cc(F)ccc1Nc1cc(Nc2ccc3c(c2)CCC(=O)C3)ncc1C(F)(F)F. The van der Waals surface area contributed by atoms with Gasteiger partial charge in [0.05, 0.1) is 22.5 Å². The number of anilines is 4. The van der Waals surface area contributed by atoms with Gasteiger partial charge < -0.3 is 16.0 Å². The Kier molecular flexibility index (Phi) is 6.23. The Morgan fingerprint density at radius 3 is 2.50 bits per heavy atom. The van der Waals surface area contributed by atoms with Gasteiger partial charge in [-0.1, -0.05) is 6.07 Å². The van der Waals surface area contributed by atoms with E-state index in [0.29, 0.717) is 31.1 Å². The molecule has 0 saturated heterocycles. The molecule has 34 heavy (non-hydrogen) atoms. The number of aryl methyl sites for hydroxylation is 1. The number of nitrogens with one attached hydrogen (secondary N) is 3. The molecule has 176 valence electrons. The number of fused-ring (bicyclic) bond motifs is 1. The topological polar surface area (TPSA) is 83.1 Å². The lowest BCUT2D eigenvalue weighted by atomic mass is 9.90. The van der Waals surface area contributed by atoms with Crippen molar-refractivity contribution < 1.29 is 27.2 Å². The second-order valence-corrected chi connectivity index (χ2v) is 7.83. The average molecular weight is 472 g/mol. The molecule has 1 aromatic heterocycles. The molecule has 1 aliphatic rings. The van der Waals surface area contributed by atoms with E-state index in [0.717, 1.165) is 23.3 Å². The lowest BCUT2D eigenvalue weighted by Gasteiger charge is -2.19. The van der Waals surface area contributed by atoms with E-state index >= 15 is 0 Å². The van der Waals surface area contributed by atoms with Gasteiger partial charge in [-0.3, -0.25) is 9.59 Å². The number of alkyl halides is 3. The molecule has 1 amide bonds. The first-order valence-electron chi connectivity index (χ1n) is 10.4. The number of pyridine rings is 1. The first-order valence-corrected chi connectivity index (χ1v) is 10.4. The molecule has 6 nitrogen and oxygen atoms in total. The van der Waals surface area contributed by atoms with E-state index in [9.17, 15) is 27.2 Å². The third kappa shape index (κ3) is 5.00. The zero-order valence-electron chi connectivity index (χ0n) is 18.0. The molecular weight excluding hydrogens is 452 g/mol. The van der Waals surface area contributed by atoms with Gasteiger partial charge in [0.15, 0.2) is 0 Å². The van der Waals surface area contributed by atoms with E-state index in [1.54, 1.807) is 6.07 Å². The van der Waals surface area contributed by atoms with E-state index < -0.39 is 23.5 Å². The highest BCUT2D eigenvalue weighted by Crippen LogP contribution is 2.38. The molecule has 0 spiro atoms. The fraction of sp³-hybridized carbons (Fsp3) is 0.208. The zero-order chi connectivity index (χ0) is 24.5. The second kappa shape index (κ2) is 9.12. The lowest BCUT2D eigenvalue weighted by molar-refractivity contribution is -0.137. The molecule has 4 rings (SSSR count). The van der Waals surface area contributed by atoms with Crippen LogP contribution in [0, 0.1) is 5.82 Å². The van der Waals surface area contributed by atoms with Crippen LogP contribution in [0.4, 0.5) is 40.4 Å². The van der Waals surface area contributed by atoms with Crippen LogP contribution in [0.1, 0.15) is 33.5 Å². The summed E-state index contributed by atoms with van der Waals surface area (Å²) in [4.78, 5) is 27.6. The van der Waals surface area contributed by atoms with Gasteiger partial charge >= 0.3 is 6.18 Å². The highest BCUT2D eigenvalue weighted by atomic mass is 19.4. The molecular formula is C24H20F4N4O2. The van der Waals surface area contributed by atoms with Crippen molar-refractivity contribution in [1.29, 1.82) is 0 Å². The first-order chi connectivity index (χ1) is 16.1. The summed E-state index contributed by atoms with van der Waals surface area (Å²) in [5, 5.41) is 7.93. The number of hydrogen-bond donors (Lipinski definition) is 3. The Morgan fingerprint density at radius 1 is 0.971 bits per heavy atom. The quantitative estimate of drug-likeness (QED) is 0.448. The minimum Gasteiger partial charge on any atom is -0.355 e.